The van der Waals surface area contributed by atoms with Crippen LogP contribution in [0.5, 0.6) is 0 Å². The van der Waals surface area contributed by atoms with Crippen LogP contribution in [-0.2, 0) is 0 Å². The van der Waals surface area contributed by atoms with Crippen molar-refractivity contribution in [2.45, 2.75) is 52.0 Å². The fraction of sp³-hybridized carbons (Fsp3) is 0.600. The molecule has 0 aliphatic carbocycles. The molecular weight excluding hydrogens is 194 g/mol. The minimum atomic E-state index is 0.530. The van der Waals surface area contributed by atoms with Crippen molar-refractivity contribution in [3.63, 3.8) is 0 Å². The van der Waals surface area contributed by atoms with Crippen LogP contribution in [0.15, 0.2) is 30.3 Å². The van der Waals surface area contributed by atoms with E-state index in [1.807, 2.05) is 0 Å². The van der Waals surface area contributed by atoms with Crippen LogP contribution in [0.2, 0.25) is 0 Å². The lowest BCUT2D eigenvalue weighted by atomic mass is 10.0. The average molecular weight is 219 g/mol. The lowest BCUT2D eigenvalue weighted by Crippen LogP contribution is -2.21. The van der Waals surface area contributed by atoms with E-state index in [-0.39, 0.29) is 0 Å². The van der Waals surface area contributed by atoms with E-state index in [1.165, 1.54) is 31.2 Å². The van der Waals surface area contributed by atoms with Crippen LogP contribution in [0, 0.1) is 0 Å². The average Bonchev–Trinajstić information content (AvgIpc) is 2.35. The normalized spacial score (nSPS) is 12.6. The Hall–Kier alpha value is -0.820. The van der Waals surface area contributed by atoms with Crippen molar-refractivity contribution in [2.24, 2.45) is 0 Å². The number of rotatable bonds is 8. The molecule has 0 spiro atoms. The maximum atomic E-state index is 3.64. The Bertz CT molecular complexity index is 255. The summed E-state index contributed by atoms with van der Waals surface area (Å²) in [7, 11) is 0. The second kappa shape index (κ2) is 8.35. The molecule has 1 nitrogen and oxygen atoms in total. The minimum Gasteiger partial charge on any atom is -0.310 e. The van der Waals surface area contributed by atoms with Gasteiger partial charge in [0.1, 0.15) is 0 Å². The third-order valence-corrected chi connectivity index (χ3v) is 3.03. The van der Waals surface area contributed by atoms with Gasteiger partial charge >= 0.3 is 0 Å². The first kappa shape index (κ1) is 13.2. The van der Waals surface area contributed by atoms with E-state index in [9.17, 15) is 0 Å². The standard InChI is InChI=1S/C15H25N/c1-3-5-6-10-13-16-15(4-2)14-11-8-7-9-12-14/h7-9,11-12,15-16H,3-6,10,13H2,1-2H3. The van der Waals surface area contributed by atoms with Gasteiger partial charge in [-0.2, -0.15) is 0 Å². The van der Waals surface area contributed by atoms with Crippen molar-refractivity contribution in [2.75, 3.05) is 6.54 Å². The summed E-state index contributed by atoms with van der Waals surface area (Å²) in [5.74, 6) is 0. The molecule has 1 atom stereocenters. The molecule has 1 aromatic carbocycles. The van der Waals surface area contributed by atoms with E-state index in [2.05, 4.69) is 49.5 Å². The van der Waals surface area contributed by atoms with Gasteiger partial charge in [0.25, 0.3) is 0 Å². The lowest BCUT2D eigenvalue weighted by Gasteiger charge is -2.17. The minimum absolute atomic E-state index is 0.530. The fourth-order valence-electron chi connectivity index (χ4n) is 2.01. The Morgan fingerprint density at radius 3 is 2.38 bits per heavy atom. The summed E-state index contributed by atoms with van der Waals surface area (Å²) in [6.45, 7) is 5.65. The van der Waals surface area contributed by atoms with Crippen LogP contribution in [-0.4, -0.2) is 6.54 Å². The summed E-state index contributed by atoms with van der Waals surface area (Å²) in [6.07, 6.45) is 6.50. The third kappa shape index (κ3) is 4.80. The highest BCUT2D eigenvalue weighted by atomic mass is 14.9. The molecule has 1 heteroatoms. The number of hydrogen-bond donors (Lipinski definition) is 1. The topological polar surface area (TPSA) is 12.0 Å². The first-order chi connectivity index (χ1) is 7.88. The highest BCUT2D eigenvalue weighted by Gasteiger charge is 2.06. The Morgan fingerprint density at radius 1 is 1.00 bits per heavy atom. The van der Waals surface area contributed by atoms with Crippen LogP contribution in [0.25, 0.3) is 0 Å². The summed E-state index contributed by atoms with van der Waals surface area (Å²) < 4.78 is 0. The van der Waals surface area contributed by atoms with Gasteiger partial charge < -0.3 is 5.32 Å². The van der Waals surface area contributed by atoms with Crippen molar-refractivity contribution in [3.05, 3.63) is 35.9 Å². The van der Waals surface area contributed by atoms with Crippen molar-refractivity contribution in [1.82, 2.24) is 5.32 Å². The van der Waals surface area contributed by atoms with Gasteiger partial charge in [-0.25, -0.2) is 0 Å². The molecule has 0 saturated heterocycles. The Balaban J connectivity index is 2.27. The molecule has 1 rings (SSSR count). The smallest absolute Gasteiger partial charge is 0.0317 e. The third-order valence-electron chi connectivity index (χ3n) is 3.03. The molecule has 1 unspecified atom stereocenters. The SMILES string of the molecule is CCCCCCNC(CC)c1ccccc1. The molecular formula is C15H25N. The largest absolute Gasteiger partial charge is 0.310 e. The van der Waals surface area contributed by atoms with Gasteiger partial charge in [0.15, 0.2) is 0 Å². The molecule has 0 fully saturated rings. The molecule has 0 heterocycles. The molecule has 0 bridgehead atoms. The van der Waals surface area contributed by atoms with Crippen LogP contribution in [0.3, 0.4) is 0 Å². The Kier molecular flexibility index (Phi) is 6.91. The van der Waals surface area contributed by atoms with Crippen molar-refractivity contribution < 1.29 is 0 Å². The molecule has 1 N–H and O–H groups in total. The first-order valence-electron chi connectivity index (χ1n) is 6.66. The quantitative estimate of drug-likeness (QED) is 0.642. The molecule has 0 aliphatic rings. The molecule has 0 saturated carbocycles. The highest BCUT2D eigenvalue weighted by Crippen LogP contribution is 2.15. The molecule has 0 aromatic heterocycles. The predicted octanol–water partition coefficient (Wildman–Crippen LogP) is 4.31. The molecule has 0 amide bonds. The zero-order chi connectivity index (χ0) is 11.6. The van der Waals surface area contributed by atoms with Crippen molar-refractivity contribution in [3.8, 4) is 0 Å². The summed E-state index contributed by atoms with van der Waals surface area (Å²) in [6, 6.07) is 11.3. The van der Waals surface area contributed by atoms with Crippen LogP contribution >= 0.6 is 0 Å². The zero-order valence-electron chi connectivity index (χ0n) is 10.7. The number of nitrogens with one attached hydrogen (secondary N) is 1. The van der Waals surface area contributed by atoms with Gasteiger partial charge in [0.2, 0.25) is 0 Å². The van der Waals surface area contributed by atoms with Crippen LogP contribution < -0.4 is 5.32 Å². The number of unbranched alkanes of at least 4 members (excludes halogenated alkanes) is 3. The Labute approximate surface area is 100 Å². The number of hydrogen-bond acceptors (Lipinski definition) is 1. The molecule has 0 aliphatic heterocycles. The van der Waals surface area contributed by atoms with Gasteiger partial charge in [-0.1, -0.05) is 63.4 Å². The van der Waals surface area contributed by atoms with Crippen molar-refractivity contribution in [1.29, 1.82) is 0 Å². The first-order valence-corrected chi connectivity index (χ1v) is 6.66. The van der Waals surface area contributed by atoms with Gasteiger partial charge in [-0.15, -0.1) is 0 Å². The van der Waals surface area contributed by atoms with Gasteiger partial charge in [-0.3, -0.25) is 0 Å². The lowest BCUT2D eigenvalue weighted by molar-refractivity contribution is 0.497. The molecule has 16 heavy (non-hydrogen) atoms. The second-order valence-electron chi connectivity index (χ2n) is 4.39. The van der Waals surface area contributed by atoms with E-state index in [0.29, 0.717) is 6.04 Å². The summed E-state index contributed by atoms with van der Waals surface area (Å²) in [5.41, 5.74) is 1.42. The second-order valence-corrected chi connectivity index (χ2v) is 4.39. The molecule has 90 valence electrons. The maximum Gasteiger partial charge on any atom is 0.0317 e. The van der Waals surface area contributed by atoms with Gasteiger partial charge in [0.05, 0.1) is 0 Å². The number of benzene rings is 1. The summed E-state index contributed by atoms with van der Waals surface area (Å²) in [5, 5.41) is 3.64. The highest BCUT2D eigenvalue weighted by molar-refractivity contribution is 5.18. The predicted molar refractivity (Wildman–Crippen MR) is 71.6 cm³/mol. The van der Waals surface area contributed by atoms with E-state index >= 15 is 0 Å². The monoisotopic (exact) mass is 219 g/mol. The van der Waals surface area contributed by atoms with E-state index in [4.69, 9.17) is 0 Å². The Morgan fingerprint density at radius 2 is 1.75 bits per heavy atom. The maximum absolute atomic E-state index is 3.64. The van der Waals surface area contributed by atoms with E-state index in [1.54, 1.807) is 0 Å². The molecule has 0 radical (unpaired) electrons. The summed E-state index contributed by atoms with van der Waals surface area (Å²) in [4.78, 5) is 0. The molecule has 1 aromatic rings. The van der Waals surface area contributed by atoms with E-state index < -0.39 is 0 Å². The van der Waals surface area contributed by atoms with Crippen LogP contribution in [0.4, 0.5) is 0 Å². The van der Waals surface area contributed by atoms with Gasteiger partial charge in [0, 0.05) is 6.04 Å². The van der Waals surface area contributed by atoms with Crippen molar-refractivity contribution >= 4 is 0 Å². The fourth-order valence-corrected chi connectivity index (χ4v) is 2.01. The zero-order valence-corrected chi connectivity index (χ0v) is 10.7. The van der Waals surface area contributed by atoms with Crippen LogP contribution in [0.1, 0.15) is 57.6 Å². The summed E-state index contributed by atoms with van der Waals surface area (Å²) >= 11 is 0. The van der Waals surface area contributed by atoms with E-state index in [0.717, 1.165) is 13.0 Å². The van der Waals surface area contributed by atoms with Gasteiger partial charge in [-0.05, 0) is 24.9 Å².